The number of rotatable bonds is 6. The van der Waals surface area contributed by atoms with Crippen LogP contribution in [0.1, 0.15) is 32.0 Å². The minimum absolute atomic E-state index is 0.212. The fourth-order valence-electron chi connectivity index (χ4n) is 3.11. The molecule has 120 valence electrons. The van der Waals surface area contributed by atoms with Gasteiger partial charge in [-0.05, 0) is 27.1 Å². The topological polar surface area (TPSA) is 36.3 Å². The van der Waals surface area contributed by atoms with Gasteiger partial charge >= 0.3 is 0 Å². The first-order valence-electron chi connectivity index (χ1n) is 7.91. The van der Waals surface area contributed by atoms with E-state index in [1.807, 2.05) is 0 Å². The third kappa shape index (κ3) is 3.77. The van der Waals surface area contributed by atoms with Crippen molar-refractivity contribution >= 4 is 11.6 Å². The molecule has 0 amide bonds. The second kappa shape index (κ2) is 7.58. The van der Waals surface area contributed by atoms with Gasteiger partial charge in [-0.25, -0.2) is 0 Å². The van der Waals surface area contributed by atoms with Gasteiger partial charge in [0.2, 0.25) is 0 Å². The Balaban J connectivity index is 2.31. The smallest absolute Gasteiger partial charge is 0.0834 e. The fourth-order valence-corrected chi connectivity index (χ4v) is 3.37. The summed E-state index contributed by atoms with van der Waals surface area (Å²) in [5, 5.41) is 8.87. The minimum Gasteiger partial charge on any atom is -0.308 e. The summed E-state index contributed by atoms with van der Waals surface area (Å²) in [6.07, 6.45) is 2.84. The summed E-state index contributed by atoms with van der Waals surface area (Å²) in [5.74, 6) is 0. The number of hydrogen-bond acceptors (Lipinski definition) is 4. The van der Waals surface area contributed by atoms with E-state index in [-0.39, 0.29) is 6.04 Å². The monoisotopic (exact) mass is 313 g/mol. The number of nitrogens with one attached hydrogen (secondary N) is 1. The van der Waals surface area contributed by atoms with Gasteiger partial charge in [0.25, 0.3) is 0 Å². The second-order valence-electron chi connectivity index (χ2n) is 5.95. The highest BCUT2D eigenvalue weighted by Gasteiger charge is 2.33. The molecule has 1 N–H and O–H groups in total. The molecule has 2 unspecified atom stereocenters. The Hall–Kier alpha value is -0.620. The SMILES string of the molecule is CCCn1ncc(Cl)c1C(NCC)C1CN(C)CCN1C. The van der Waals surface area contributed by atoms with Gasteiger partial charge in [0, 0.05) is 32.2 Å². The van der Waals surface area contributed by atoms with Crippen LogP contribution in [0.3, 0.4) is 0 Å². The molecule has 2 rings (SSSR count). The van der Waals surface area contributed by atoms with Crippen molar-refractivity contribution < 1.29 is 0 Å². The van der Waals surface area contributed by atoms with Crippen LogP contribution in [0.5, 0.6) is 0 Å². The van der Waals surface area contributed by atoms with Crippen LogP contribution in [-0.2, 0) is 6.54 Å². The third-order valence-corrected chi connectivity index (χ3v) is 4.56. The molecule has 1 aromatic rings. The number of halogens is 1. The number of hydrogen-bond donors (Lipinski definition) is 1. The molecule has 0 spiro atoms. The summed E-state index contributed by atoms with van der Waals surface area (Å²) >= 11 is 6.46. The number of aromatic nitrogens is 2. The van der Waals surface area contributed by atoms with Gasteiger partial charge in [0.1, 0.15) is 0 Å². The maximum absolute atomic E-state index is 6.46. The molecule has 0 bridgehead atoms. The van der Waals surface area contributed by atoms with Crippen molar-refractivity contribution in [1.82, 2.24) is 24.9 Å². The van der Waals surface area contributed by atoms with Gasteiger partial charge in [0.15, 0.2) is 0 Å². The van der Waals surface area contributed by atoms with Gasteiger partial charge in [-0.15, -0.1) is 0 Å². The molecule has 21 heavy (non-hydrogen) atoms. The van der Waals surface area contributed by atoms with Gasteiger partial charge in [-0.1, -0.05) is 25.4 Å². The van der Waals surface area contributed by atoms with E-state index in [2.05, 4.69) is 52.8 Å². The van der Waals surface area contributed by atoms with Crippen LogP contribution in [0.25, 0.3) is 0 Å². The molecule has 2 heterocycles. The number of piperazine rings is 1. The van der Waals surface area contributed by atoms with Crippen LogP contribution in [0, 0.1) is 0 Å². The Bertz CT molecular complexity index is 447. The quantitative estimate of drug-likeness (QED) is 0.869. The molecular weight excluding hydrogens is 286 g/mol. The first kappa shape index (κ1) is 16.7. The minimum atomic E-state index is 0.212. The standard InChI is InChI=1S/C15H28ClN5/c1-5-7-21-15(12(16)10-18-21)14(17-6-2)13-11-19(3)8-9-20(13)4/h10,13-14,17H,5-9,11H2,1-4H3. The third-order valence-electron chi connectivity index (χ3n) is 4.27. The number of nitrogens with zero attached hydrogens (tertiary/aromatic N) is 4. The van der Waals surface area contributed by atoms with E-state index in [9.17, 15) is 0 Å². The predicted molar refractivity (Wildman–Crippen MR) is 87.9 cm³/mol. The van der Waals surface area contributed by atoms with E-state index in [0.717, 1.165) is 49.9 Å². The zero-order valence-corrected chi connectivity index (χ0v) is 14.4. The van der Waals surface area contributed by atoms with Crippen molar-refractivity contribution in [3.05, 3.63) is 16.9 Å². The van der Waals surface area contributed by atoms with Gasteiger partial charge in [-0.3, -0.25) is 9.58 Å². The Labute approximate surface area is 133 Å². The normalized spacial score (nSPS) is 22.6. The molecule has 1 fully saturated rings. The van der Waals surface area contributed by atoms with Crippen LogP contribution in [0.15, 0.2) is 6.20 Å². The Morgan fingerprint density at radius 3 is 2.81 bits per heavy atom. The van der Waals surface area contributed by atoms with Gasteiger partial charge in [0.05, 0.1) is 23.0 Å². The van der Waals surface area contributed by atoms with E-state index in [4.69, 9.17) is 11.6 Å². The zero-order chi connectivity index (χ0) is 15.4. The van der Waals surface area contributed by atoms with Gasteiger partial charge < -0.3 is 10.2 Å². The van der Waals surface area contributed by atoms with E-state index in [0.29, 0.717) is 6.04 Å². The van der Waals surface area contributed by atoms with Crippen molar-refractivity contribution in [2.24, 2.45) is 0 Å². The molecule has 2 atom stereocenters. The second-order valence-corrected chi connectivity index (χ2v) is 6.35. The lowest BCUT2D eigenvalue weighted by Gasteiger charge is -2.42. The maximum atomic E-state index is 6.46. The van der Waals surface area contributed by atoms with E-state index < -0.39 is 0 Å². The summed E-state index contributed by atoms with van der Waals surface area (Å²) in [6.45, 7) is 9.40. The Morgan fingerprint density at radius 2 is 2.14 bits per heavy atom. The molecule has 1 aliphatic heterocycles. The summed E-state index contributed by atoms with van der Waals surface area (Å²) in [5.41, 5.74) is 1.13. The predicted octanol–water partition coefficient (Wildman–Crippen LogP) is 1.84. The average Bonchev–Trinajstić information content (AvgIpc) is 2.81. The Morgan fingerprint density at radius 1 is 1.38 bits per heavy atom. The molecule has 0 saturated carbocycles. The summed E-state index contributed by atoms with van der Waals surface area (Å²) in [6, 6.07) is 0.623. The molecular formula is C15H28ClN5. The maximum Gasteiger partial charge on any atom is 0.0834 e. The lowest BCUT2D eigenvalue weighted by molar-refractivity contribution is 0.0856. The average molecular weight is 314 g/mol. The van der Waals surface area contributed by atoms with Crippen molar-refractivity contribution in [2.75, 3.05) is 40.3 Å². The highest BCUT2D eigenvalue weighted by molar-refractivity contribution is 6.31. The highest BCUT2D eigenvalue weighted by atomic mass is 35.5. The van der Waals surface area contributed by atoms with E-state index in [1.54, 1.807) is 6.20 Å². The van der Waals surface area contributed by atoms with Crippen LogP contribution in [0.4, 0.5) is 0 Å². The number of aryl methyl sites for hydroxylation is 1. The number of likely N-dealkylation sites (N-methyl/N-ethyl adjacent to an activating group) is 3. The summed E-state index contributed by atoms with van der Waals surface area (Å²) in [7, 11) is 4.39. The molecule has 0 aromatic carbocycles. The van der Waals surface area contributed by atoms with Crippen LogP contribution in [0.2, 0.25) is 5.02 Å². The largest absolute Gasteiger partial charge is 0.308 e. The first-order chi connectivity index (χ1) is 10.1. The summed E-state index contributed by atoms with van der Waals surface area (Å²) in [4.78, 5) is 4.83. The van der Waals surface area contributed by atoms with Crippen molar-refractivity contribution in [2.45, 2.75) is 38.9 Å². The summed E-state index contributed by atoms with van der Waals surface area (Å²) < 4.78 is 2.07. The van der Waals surface area contributed by atoms with Crippen LogP contribution in [-0.4, -0.2) is 65.9 Å². The van der Waals surface area contributed by atoms with Crippen molar-refractivity contribution in [3.63, 3.8) is 0 Å². The molecule has 5 nitrogen and oxygen atoms in total. The van der Waals surface area contributed by atoms with E-state index in [1.165, 1.54) is 0 Å². The highest BCUT2D eigenvalue weighted by Crippen LogP contribution is 2.29. The van der Waals surface area contributed by atoms with E-state index >= 15 is 0 Å². The zero-order valence-electron chi connectivity index (χ0n) is 13.6. The lowest BCUT2D eigenvalue weighted by atomic mass is 10.0. The molecule has 0 radical (unpaired) electrons. The first-order valence-corrected chi connectivity index (χ1v) is 8.29. The molecule has 1 saturated heterocycles. The van der Waals surface area contributed by atoms with Crippen LogP contribution < -0.4 is 5.32 Å². The van der Waals surface area contributed by atoms with Crippen molar-refractivity contribution in [3.8, 4) is 0 Å². The van der Waals surface area contributed by atoms with Gasteiger partial charge in [-0.2, -0.15) is 5.10 Å². The van der Waals surface area contributed by atoms with Crippen LogP contribution >= 0.6 is 11.6 Å². The molecule has 1 aliphatic rings. The fraction of sp³-hybridized carbons (Fsp3) is 0.800. The molecule has 6 heteroatoms. The molecule has 0 aliphatic carbocycles. The van der Waals surface area contributed by atoms with Crippen molar-refractivity contribution in [1.29, 1.82) is 0 Å². The molecule has 1 aromatic heterocycles. The lowest BCUT2D eigenvalue weighted by Crippen LogP contribution is -2.55. The Kier molecular flexibility index (Phi) is 6.05.